The van der Waals surface area contributed by atoms with Crippen LogP contribution in [0.2, 0.25) is 0 Å². The molecule has 23 heteroatoms. The molecule has 0 spiro atoms. The van der Waals surface area contributed by atoms with Gasteiger partial charge >= 0.3 is 11.9 Å². The Morgan fingerprint density at radius 1 is 0.519 bits per heavy atom. The largest absolute Gasteiger partial charge is 0.468 e. The van der Waals surface area contributed by atoms with Crippen LogP contribution in [-0.2, 0) is 62.2 Å². The molecule has 5 N–H and O–H groups in total. The summed E-state index contributed by atoms with van der Waals surface area (Å²) in [5.74, 6) is -8.77. The number of amides is 9. The van der Waals surface area contributed by atoms with Gasteiger partial charge in [0.2, 0.25) is 53.2 Å². The van der Waals surface area contributed by atoms with E-state index < -0.39 is 144 Å². The van der Waals surface area contributed by atoms with Gasteiger partial charge in [0.1, 0.15) is 61.0 Å². The highest BCUT2D eigenvalue weighted by Crippen LogP contribution is 2.26. The molecule has 0 fully saturated rings. The van der Waals surface area contributed by atoms with Crippen LogP contribution in [0.25, 0.3) is 0 Å². The minimum atomic E-state index is -1.55. The van der Waals surface area contributed by atoms with Crippen molar-refractivity contribution in [2.45, 2.75) is 203 Å². The fourth-order valence-corrected chi connectivity index (χ4v) is 9.45. The lowest BCUT2D eigenvalue weighted by Gasteiger charge is -2.42. The van der Waals surface area contributed by atoms with Gasteiger partial charge in [-0.25, -0.2) is 0 Å². The molecule has 0 aromatic heterocycles. The molecule has 0 saturated heterocycles. The number of nitrogens with two attached hydrogens (primary N) is 1. The van der Waals surface area contributed by atoms with E-state index in [9.17, 15) is 43.2 Å². The Morgan fingerprint density at radius 2 is 0.963 bits per heavy atom. The molecule has 0 aliphatic rings. The minimum Gasteiger partial charge on any atom is -0.468 e. The summed E-state index contributed by atoms with van der Waals surface area (Å²) in [5.41, 5.74) is 6.14. The average molecular weight is 1150 g/mol. The second kappa shape index (κ2) is 35.0. The maximum absolute atomic E-state index is 15.2. The van der Waals surface area contributed by atoms with Crippen molar-refractivity contribution in [1.82, 2.24) is 45.3 Å². The van der Waals surface area contributed by atoms with Crippen LogP contribution in [-0.4, -0.2) is 211 Å². The van der Waals surface area contributed by atoms with Crippen molar-refractivity contribution < 1.29 is 62.2 Å². The molecular formula is C58H104N10O13. The second-order valence-corrected chi connectivity index (χ2v) is 23.6. The molecule has 0 aliphatic carbocycles. The maximum Gasteiger partial charge on any atom is 0.325 e. The van der Waals surface area contributed by atoms with Gasteiger partial charge in [0, 0.05) is 49.2 Å². The predicted molar refractivity (Wildman–Crippen MR) is 310 cm³/mol. The zero-order chi connectivity index (χ0) is 63.2. The number of ether oxygens (including phenoxy) is 2. The lowest BCUT2D eigenvalue weighted by molar-refractivity contribution is -0.164. The van der Waals surface area contributed by atoms with Crippen molar-refractivity contribution >= 4 is 65.1 Å². The van der Waals surface area contributed by atoms with Crippen molar-refractivity contribution in [1.29, 1.82) is 0 Å². The fourth-order valence-electron chi connectivity index (χ4n) is 9.45. The number of nitrogens with one attached hydrogen (secondary N) is 3. The molecule has 0 unspecified atom stereocenters. The number of methoxy groups -OCH3 is 1. The van der Waals surface area contributed by atoms with Crippen LogP contribution in [0.1, 0.15) is 143 Å². The summed E-state index contributed by atoms with van der Waals surface area (Å²) in [6, 6.07) is -10.4. The second-order valence-electron chi connectivity index (χ2n) is 23.6. The van der Waals surface area contributed by atoms with E-state index in [-0.39, 0.29) is 42.9 Å². The molecule has 81 heavy (non-hydrogen) atoms. The summed E-state index contributed by atoms with van der Waals surface area (Å²) in [7, 11) is 9.73. The van der Waals surface area contributed by atoms with Crippen molar-refractivity contribution in [3.05, 3.63) is 12.2 Å². The van der Waals surface area contributed by atoms with Gasteiger partial charge in [-0.1, -0.05) is 95.2 Å². The molecule has 11 atom stereocenters. The zero-order valence-corrected chi connectivity index (χ0v) is 53.2. The third-order valence-corrected chi connectivity index (χ3v) is 14.5. The number of likely N-dealkylation sites (N-methyl/N-ethyl adjacent to an activating group) is 6. The normalized spacial score (nSPS) is 15.7. The van der Waals surface area contributed by atoms with E-state index in [4.69, 9.17) is 15.2 Å². The van der Waals surface area contributed by atoms with Crippen molar-refractivity contribution in [2.24, 2.45) is 41.2 Å². The van der Waals surface area contributed by atoms with E-state index in [1.165, 1.54) is 89.8 Å². The molecule has 9 amide bonds. The van der Waals surface area contributed by atoms with Gasteiger partial charge in [-0.15, -0.1) is 0 Å². The van der Waals surface area contributed by atoms with E-state index in [1.54, 1.807) is 54.5 Å². The summed E-state index contributed by atoms with van der Waals surface area (Å²) in [5, 5.41) is 8.06. The molecule has 0 aromatic rings. The molecule has 0 aliphatic heterocycles. The predicted octanol–water partition coefficient (Wildman–Crippen LogP) is 2.97. The SMILES string of the molecule is C/C=C/C[C@@H](C)[C@@H](OC(C)=O)[C@@H](C(=O)N[C@@H](CC)C(=O)N(C)CC(=O)OC)N(C)C(=O)[C@H](C(C)C)N(C)C(=O)[C@H](CC(C)C)N(C)C(=O)[C@H](CC(C)C)N(C)C(=O)[C@@H](C)NC(=O)[C@H](C)NC(=O)[C@@H](CC(C)C)N(C)C(=O)[C@@H](N)C(C)C. The molecule has 0 bridgehead atoms. The zero-order valence-electron chi connectivity index (χ0n) is 53.2. The Kier molecular flexibility index (Phi) is 32.3. The molecule has 464 valence electrons. The van der Waals surface area contributed by atoms with Crippen molar-refractivity contribution in [3.63, 3.8) is 0 Å². The molecule has 0 aromatic carbocycles. The lowest BCUT2D eigenvalue weighted by Crippen LogP contribution is -2.64. The Morgan fingerprint density at radius 3 is 1.40 bits per heavy atom. The Bertz CT molecular complexity index is 2170. The first kappa shape index (κ1) is 74.9. The van der Waals surface area contributed by atoms with Gasteiger partial charge in [-0.05, 0) is 88.4 Å². The standard InChI is InChI=1S/C58H104N10O13/c1-24-26-27-37(13)49(81-40(16)69)48(52(73)62-41(25-2)54(75)63(17)31-45(70)80-23)68(22)58(79)47(36(11)12)67(21)56(77)44(30-34(7)8)66(20)55(76)43(29-33(5)6)65(19)53(74)39(15)61-50(71)38(14)60-51(72)42(28-32(3)4)64(18)57(78)46(59)35(9)10/h24,26,32-39,41-44,46-49H,25,27-31,59H2,1-23H3,(H,60,72)(H,61,71)(H,62,73)/b26-24+/t37-,38+,39-,41+,42-,43+,44+,46+,47+,48+,49-/m1/s1. The van der Waals surface area contributed by atoms with Crippen molar-refractivity contribution in [3.8, 4) is 0 Å². The molecule has 0 heterocycles. The number of hydrogen-bond acceptors (Lipinski definition) is 14. The fraction of sp³-hybridized carbons (Fsp3) is 0.776. The smallest absolute Gasteiger partial charge is 0.325 e. The van der Waals surface area contributed by atoms with Crippen LogP contribution in [0.3, 0.4) is 0 Å². The van der Waals surface area contributed by atoms with Gasteiger partial charge in [0.15, 0.2) is 0 Å². The van der Waals surface area contributed by atoms with Crippen LogP contribution >= 0.6 is 0 Å². The third kappa shape index (κ3) is 22.6. The minimum absolute atomic E-state index is 0.00428. The Hall–Kier alpha value is -6.13. The Labute approximate surface area is 483 Å². The number of carbonyl (C=O) groups is 11. The average Bonchev–Trinajstić information content (AvgIpc) is 3.38. The quantitative estimate of drug-likeness (QED) is 0.0543. The van der Waals surface area contributed by atoms with Crippen LogP contribution in [0.15, 0.2) is 12.2 Å². The summed E-state index contributed by atoms with van der Waals surface area (Å²) in [6.45, 7) is 27.2. The maximum atomic E-state index is 15.2. The van der Waals surface area contributed by atoms with E-state index in [0.717, 1.165) is 9.80 Å². The first-order valence-electron chi connectivity index (χ1n) is 28.5. The van der Waals surface area contributed by atoms with E-state index in [2.05, 4.69) is 16.0 Å². The number of esters is 2. The molecular weight excluding hydrogens is 1040 g/mol. The lowest BCUT2D eigenvalue weighted by atomic mass is 9.91. The van der Waals surface area contributed by atoms with Crippen LogP contribution in [0.4, 0.5) is 0 Å². The number of rotatable bonds is 33. The number of hydrogen-bond donors (Lipinski definition) is 4. The van der Waals surface area contributed by atoms with Gasteiger partial charge in [0.05, 0.1) is 13.2 Å². The first-order chi connectivity index (χ1) is 37.4. The van der Waals surface area contributed by atoms with Crippen LogP contribution in [0.5, 0.6) is 0 Å². The number of carbonyl (C=O) groups excluding carboxylic acids is 11. The highest BCUT2D eigenvalue weighted by Gasteiger charge is 2.46. The summed E-state index contributed by atoms with van der Waals surface area (Å²) >= 11 is 0. The van der Waals surface area contributed by atoms with E-state index in [0.29, 0.717) is 12.8 Å². The first-order valence-corrected chi connectivity index (χ1v) is 28.5. The number of allylic oxidation sites excluding steroid dienone is 2. The van der Waals surface area contributed by atoms with Gasteiger partial charge in [0.25, 0.3) is 0 Å². The summed E-state index contributed by atoms with van der Waals surface area (Å²) in [4.78, 5) is 160. The highest BCUT2D eigenvalue weighted by atomic mass is 16.5. The van der Waals surface area contributed by atoms with Gasteiger partial charge in [-0.2, -0.15) is 0 Å². The summed E-state index contributed by atoms with van der Waals surface area (Å²) < 4.78 is 10.6. The molecule has 23 nitrogen and oxygen atoms in total. The number of nitrogens with zero attached hydrogens (tertiary/aromatic N) is 6. The van der Waals surface area contributed by atoms with Crippen LogP contribution < -0.4 is 21.7 Å². The van der Waals surface area contributed by atoms with E-state index in [1.807, 2.05) is 47.6 Å². The molecule has 0 rings (SSSR count). The van der Waals surface area contributed by atoms with Crippen molar-refractivity contribution in [2.75, 3.05) is 55.9 Å². The summed E-state index contributed by atoms with van der Waals surface area (Å²) in [6.07, 6.45) is 3.33. The highest BCUT2D eigenvalue weighted by molar-refractivity contribution is 5.98. The Balaban J connectivity index is 7.20. The molecule has 0 saturated carbocycles. The molecule has 0 radical (unpaired) electrons. The van der Waals surface area contributed by atoms with E-state index >= 15 is 9.59 Å². The van der Waals surface area contributed by atoms with Crippen LogP contribution in [0, 0.1) is 35.5 Å². The van der Waals surface area contributed by atoms with Gasteiger partial charge < -0.3 is 60.6 Å². The monoisotopic (exact) mass is 1150 g/mol. The third-order valence-electron chi connectivity index (χ3n) is 14.5. The topological polar surface area (TPSA) is 288 Å². The van der Waals surface area contributed by atoms with Gasteiger partial charge in [-0.3, -0.25) is 52.7 Å².